The zero-order chi connectivity index (χ0) is 30.1. The topological polar surface area (TPSA) is 109 Å². The number of aromatic nitrogens is 3. The maximum atomic E-state index is 12.1. The number of carboxylic acid groups (broad SMARTS) is 1. The molecule has 0 atom stereocenters. The van der Waals surface area contributed by atoms with Gasteiger partial charge in [-0.05, 0) is 75.6 Å². The molecular formula is C33H41N3O6. The Morgan fingerprint density at radius 3 is 2.00 bits per heavy atom. The first-order valence-corrected chi connectivity index (χ1v) is 14.8. The van der Waals surface area contributed by atoms with E-state index in [2.05, 4.69) is 31.0 Å². The van der Waals surface area contributed by atoms with E-state index < -0.39 is 5.97 Å². The Bertz CT molecular complexity index is 1470. The molecule has 0 radical (unpaired) electrons. The van der Waals surface area contributed by atoms with Crippen molar-refractivity contribution in [3.05, 3.63) is 59.4 Å². The van der Waals surface area contributed by atoms with Gasteiger partial charge in [0.15, 0.2) is 11.5 Å². The number of nitrogens with zero attached hydrogens (tertiary/aromatic N) is 3. The second kappa shape index (κ2) is 14.6. The third-order valence-electron chi connectivity index (χ3n) is 6.96. The molecule has 9 nitrogen and oxygen atoms in total. The van der Waals surface area contributed by atoms with Crippen LogP contribution in [0.5, 0.6) is 17.2 Å². The molecule has 1 N–H and O–H groups in total. The van der Waals surface area contributed by atoms with E-state index in [1.54, 1.807) is 18.2 Å². The van der Waals surface area contributed by atoms with Crippen LogP contribution in [-0.2, 0) is 0 Å². The SMILES string of the molecule is CCCCOc1ccc(-c2nnc(-c3ccc(C(=O)O)c(-n4c(C)ccc4C)c3)o2)c(OCCCC)c1OCCCC. The highest BCUT2D eigenvalue weighted by atomic mass is 16.5. The van der Waals surface area contributed by atoms with Crippen molar-refractivity contribution in [1.29, 1.82) is 0 Å². The molecule has 0 aliphatic heterocycles. The standard InChI is InChI=1S/C33H41N3O6/c1-6-9-18-39-28-17-16-26(29(40-19-10-7-2)30(28)41-20-11-8-3)32-35-34-31(42-32)24-14-15-25(33(37)38)27(21-24)36-22(4)12-13-23(36)5/h12-17,21H,6-11,18-20H2,1-5H3,(H,37,38). The second-order valence-electron chi connectivity index (χ2n) is 10.3. The predicted molar refractivity (Wildman–Crippen MR) is 162 cm³/mol. The molecule has 4 aromatic rings. The molecule has 0 aliphatic rings. The molecule has 0 spiro atoms. The molecule has 0 unspecified atom stereocenters. The van der Waals surface area contributed by atoms with Gasteiger partial charge in [-0.3, -0.25) is 0 Å². The number of rotatable bonds is 16. The molecule has 2 aromatic carbocycles. The van der Waals surface area contributed by atoms with E-state index in [9.17, 15) is 9.90 Å². The van der Waals surface area contributed by atoms with E-state index in [0.29, 0.717) is 53.9 Å². The number of carboxylic acids is 1. The lowest BCUT2D eigenvalue weighted by Gasteiger charge is -2.19. The van der Waals surface area contributed by atoms with Crippen LogP contribution in [0.15, 0.2) is 46.9 Å². The smallest absolute Gasteiger partial charge is 0.337 e. The minimum atomic E-state index is -1.01. The largest absolute Gasteiger partial charge is 0.490 e. The average molecular weight is 576 g/mol. The third kappa shape index (κ3) is 6.95. The molecule has 0 bridgehead atoms. The van der Waals surface area contributed by atoms with Gasteiger partial charge >= 0.3 is 5.97 Å². The summed E-state index contributed by atoms with van der Waals surface area (Å²) in [7, 11) is 0. The van der Waals surface area contributed by atoms with Gasteiger partial charge in [-0.2, -0.15) is 0 Å². The summed E-state index contributed by atoms with van der Waals surface area (Å²) in [6, 6.07) is 12.6. The van der Waals surface area contributed by atoms with Crippen molar-refractivity contribution in [2.24, 2.45) is 0 Å². The summed E-state index contributed by atoms with van der Waals surface area (Å²) in [5.41, 5.74) is 3.77. The Labute approximate surface area is 247 Å². The first-order chi connectivity index (χ1) is 20.4. The Balaban J connectivity index is 1.77. The number of aromatic carboxylic acids is 1. The zero-order valence-corrected chi connectivity index (χ0v) is 25.2. The van der Waals surface area contributed by atoms with Crippen LogP contribution in [0.4, 0.5) is 0 Å². The minimum absolute atomic E-state index is 0.181. The Kier molecular flexibility index (Phi) is 10.6. The summed E-state index contributed by atoms with van der Waals surface area (Å²) in [4.78, 5) is 12.1. The van der Waals surface area contributed by atoms with Crippen LogP contribution in [0, 0.1) is 13.8 Å². The lowest BCUT2D eigenvalue weighted by Crippen LogP contribution is -2.08. The second-order valence-corrected chi connectivity index (χ2v) is 10.3. The van der Waals surface area contributed by atoms with Crippen molar-refractivity contribution in [3.63, 3.8) is 0 Å². The van der Waals surface area contributed by atoms with E-state index in [-0.39, 0.29) is 17.3 Å². The van der Waals surface area contributed by atoms with Crippen molar-refractivity contribution in [2.75, 3.05) is 19.8 Å². The maximum absolute atomic E-state index is 12.1. The van der Waals surface area contributed by atoms with Gasteiger partial charge < -0.3 is 28.3 Å². The van der Waals surface area contributed by atoms with Crippen LogP contribution in [0.1, 0.15) is 81.0 Å². The molecule has 42 heavy (non-hydrogen) atoms. The normalized spacial score (nSPS) is 11.1. The van der Waals surface area contributed by atoms with Crippen molar-refractivity contribution in [1.82, 2.24) is 14.8 Å². The molecule has 0 amide bonds. The van der Waals surface area contributed by atoms with Crippen LogP contribution in [0.3, 0.4) is 0 Å². The van der Waals surface area contributed by atoms with E-state index >= 15 is 0 Å². The van der Waals surface area contributed by atoms with Crippen LogP contribution in [-0.4, -0.2) is 45.7 Å². The summed E-state index contributed by atoms with van der Waals surface area (Å²) in [5, 5.41) is 18.6. The van der Waals surface area contributed by atoms with Gasteiger partial charge in [0.05, 0.1) is 36.6 Å². The van der Waals surface area contributed by atoms with Gasteiger partial charge in [0.25, 0.3) is 5.89 Å². The first kappa shape index (κ1) is 30.7. The summed E-state index contributed by atoms with van der Waals surface area (Å²) in [6.07, 6.45) is 5.70. The van der Waals surface area contributed by atoms with Gasteiger partial charge in [0.2, 0.25) is 11.6 Å². The van der Waals surface area contributed by atoms with Crippen molar-refractivity contribution < 1.29 is 28.5 Å². The molecule has 9 heteroatoms. The highest BCUT2D eigenvalue weighted by molar-refractivity contribution is 5.93. The fourth-order valence-corrected chi connectivity index (χ4v) is 4.60. The number of aryl methyl sites for hydroxylation is 2. The van der Waals surface area contributed by atoms with Crippen LogP contribution in [0.2, 0.25) is 0 Å². The molecule has 0 aliphatic carbocycles. The molecule has 0 saturated heterocycles. The molecule has 2 heterocycles. The molecule has 2 aromatic heterocycles. The van der Waals surface area contributed by atoms with Crippen molar-refractivity contribution in [2.45, 2.75) is 73.1 Å². The fraction of sp³-hybridized carbons (Fsp3) is 0.424. The Morgan fingerprint density at radius 2 is 1.38 bits per heavy atom. The van der Waals surface area contributed by atoms with Gasteiger partial charge in [-0.15, -0.1) is 10.2 Å². The van der Waals surface area contributed by atoms with E-state index in [4.69, 9.17) is 18.6 Å². The zero-order valence-electron chi connectivity index (χ0n) is 25.2. The lowest BCUT2D eigenvalue weighted by atomic mass is 10.1. The average Bonchev–Trinajstić information content (AvgIpc) is 3.60. The van der Waals surface area contributed by atoms with Crippen LogP contribution >= 0.6 is 0 Å². The summed E-state index contributed by atoms with van der Waals surface area (Å²) < 4.78 is 26.7. The Morgan fingerprint density at radius 1 is 0.786 bits per heavy atom. The number of benzene rings is 2. The van der Waals surface area contributed by atoms with Gasteiger partial charge in [0, 0.05) is 17.0 Å². The molecule has 0 saturated carbocycles. The predicted octanol–water partition coefficient (Wildman–Crippen LogP) is 8.05. The van der Waals surface area contributed by atoms with Gasteiger partial charge in [0.1, 0.15) is 0 Å². The third-order valence-corrected chi connectivity index (χ3v) is 6.96. The molecule has 4 rings (SSSR count). The van der Waals surface area contributed by atoms with Gasteiger partial charge in [-0.25, -0.2) is 4.79 Å². The molecule has 224 valence electrons. The van der Waals surface area contributed by atoms with E-state index in [0.717, 1.165) is 49.9 Å². The number of hydrogen-bond donors (Lipinski definition) is 1. The lowest BCUT2D eigenvalue weighted by molar-refractivity contribution is 0.0697. The maximum Gasteiger partial charge on any atom is 0.337 e. The highest BCUT2D eigenvalue weighted by Crippen LogP contribution is 2.45. The monoisotopic (exact) mass is 575 g/mol. The van der Waals surface area contributed by atoms with Crippen LogP contribution in [0.25, 0.3) is 28.6 Å². The van der Waals surface area contributed by atoms with E-state index in [1.807, 2.05) is 42.7 Å². The number of carbonyl (C=O) groups is 1. The summed E-state index contributed by atoms with van der Waals surface area (Å²) >= 11 is 0. The quantitative estimate of drug-likeness (QED) is 0.134. The fourth-order valence-electron chi connectivity index (χ4n) is 4.60. The first-order valence-electron chi connectivity index (χ1n) is 14.8. The van der Waals surface area contributed by atoms with Crippen molar-refractivity contribution in [3.8, 4) is 45.8 Å². The summed E-state index contributed by atoms with van der Waals surface area (Å²) in [6.45, 7) is 11.8. The van der Waals surface area contributed by atoms with Crippen LogP contribution < -0.4 is 14.2 Å². The number of hydrogen-bond acceptors (Lipinski definition) is 7. The van der Waals surface area contributed by atoms with Gasteiger partial charge in [-0.1, -0.05) is 40.0 Å². The Hall–Kier alpha value is -4.27. The number of unbranched alkanes of at least 4 members (excludes halogenated alkanes) is 3. The summed E-state index contributed by atoms with van der Waals surface area (Å²) in [5.74, 6) is 1.21. The molecular weight excluding hydrogens is 534 g/mol. The van der Waals surface area contributed by atoms with Crippen molar-refractivity contribution >= 4 is 5.97 Å². The van der Waals surface area contributed by atoms with E-state index in [1.165, 1.54) is 0 Å². The number of ether oxygens (including phenoxy) is 3. The highest BCUT2D eigenvalue weighted by Gasteiger charge is 2.24. The molecule has 0 fully saturated rings. The minimum Gasteiger partial charge on any atom is -0.490 e.